The van der Waals surface area contributed by atoms with Gasteiger partial charge in [-0.3, -0.25) is 19.8 Å². The van der Waals surface area contributed by atoms with E-state index in [1.54, 1.807) is 4.90 Å². The maximum atomic E-state index is 12.8. The zero-order valence-corrected chi connectivity index (χ0v) is 29.3. The van der Waals surface area contributed by atoms with Crippen molar-refractivity contribution in [2.75, 3.05) is 41.4 Å². The first-order valence-electron chi connectivity index (χ1n) is 18.1. The number of anilines is 4. The van der Waals surface area contributed by atoms with Crippen LogP contribution in [0.2, 0.25) is 0 Å². The highest BCUT2D eigenvalue weighted by Crippen LogP contribution is 2.36. The number of rotatable bonds is 10. The molecular weight excluding hydrogens is 670 g/mol. The number of aromatic nitrogens is 2. The summed E-state index contributed by atoms with van der Waals surface area (Å²) in [6.45, 7) is 3.53. The van der Waals surface area contributed by atoms with Gasteiger partial charge in [0.2, 0.25) is 5.91 Å². The molecule has 1 aromatic heterocycles. The van der Waals surface area contributed by atoms with E-state index in [-0.39, 0.29) is 11.9 Å². The quantitative estimate of drug-likeness (QED) is 0.142. The number of urea groups is 1. The summed E-state index contributed by atoms with van der Waals surface area (Å²) in [5, 5.41) is 10.7. The number of nitrogens with two attached hydrogens (primary N) is 1. The largest absolute Gasteiger partial charge is 0.494 e. The van der Waals surface area contributed by atoms with Gasteiger partial charge in [0.05, 0.1) is 6.61 Å². The summed E-state index contributed by atoms with van der Waals surface area (Å²) in [6, 6.07) is 30.7. The second kappa shape index (κ2) is 14.7. The average Bonchev–Trinajstić information content (AvgIpc) is 3.44. The lowest BCUT2D eigenvalue weighted by Crippen LogP contribution is -2.49. The number of carbonyl (C=O) groups excluding carboxylic acids is 3. The maximum absolute atomic E-state index is 12.8. The van der Waals surface area contributed by atoms with Crippen LogP contribution in [0, 0.1) is 5.92 Å². The number of benzene rings is 4. The number of nitrogens with one attached hydrogen (secondary N) is 2. The topological polar surface area (TPSA) is 144 Å². The van der Waals surface area contributed by atoms with Gasteiger partial charge in [0, 0.05) is 55.2 Å². The van der Waals surface area contributed by atoms with Gasteiger partial charge >= 0.3 is 6.03 Å². The lowest BCUT2D eigenvalue weighted by atomic mass is 9.93. The molecule has 3 aliphatic rings. The van der Waals surface area contributed by atoms with E-state index in [4.69, 9.17) is 20.3 Å². The monoisotopic (exact) mass is 711 g/mol. The normalized spacial score (nSPS) is 15.8. The fourth-order valence-electron chi connectivity index (χ4n) is 7.31. The molecule has 0 aliphatic carbocycles. The van der Waals surface area contributed by atoms with E-state index in [2.05, 4.69) is 33.7 Å². The summed E-state index contributed by atoms with van der Waals surface area (Å²) in [4.78, 5) is 40.5. The minimum absolute atomic E-state index is 0.231. The number of primary amides is 1. The first-order valence-corrected chi connectivity index (χ1v) is 18.1. The van der Waals surface area contributed by atoms with E-state index >= 15 is 0 Å². The minimum Gasteiger partial charge on any atom is -0.494 e. The Morgan fingerprint density at radius 3 is 2.25 bits per heavy atom. The van der Waals surface area contributed by atoms with E-state index < -0.39 is 5.91 Å². The molecule has 53 heavy (non-hydrogen) atoms. The Balaban J connectivity index is 0.849. The Labute approximate surface area is 307 Å². The first kappa shape index (κ1) is 33.8. The third-order valence-electron chi connectivity index (χ3n) is 10.2. The average molecular weight is 712 g/mol. The van der Waals surface area contributed by atoms with Crippen LogP contribution in [0.15, 0.2) is 97.1 Å². The molecule has 4 amide bonds. The van der Waals surface area contributed by atoms with Crippen LogP contribution in [-0.4, -0.2) is 53.9 Å². The lowest BCUT2D eigenvalue weighted by Gasteiger charge is -2.34. The van der Waals surface area contributed by atoms with Crippen molar-refractivity contribution in [3.63, 3.8) is 0 Å². The Bertz CT molecular complexity index is 2120. The number of piperidine rings is 1. The van der Waals surface area contributed by atoms with Gasteiger partial charge in [-0.1, -0.05) is 18.2 Å². The molecule has 0 saturated carbocycles. The van der Waals surface area contributed by atoms with Crippen molar-refractivity contribution < 1.29 is 23.9 Å². The molecule has 0 atom stereocenters. The number of hydrogen-bond acceptors (Lipinski definition) is 8. The molecule has 0 spiro atoms. The predicted octanol–water partition coefficient (Wildman–Crippen LogP) is 6.87. The number of carbonyl (C=O) groups is 3. The fourth-order valence-corrected chi connectivity index (χ4v) is 7.31. The third-order valence-corrected chi connectivity index (χ3v) is 10.2. The molecule has 5 aromatic rings. The molecule has 12 nitrogen and oxygen atoms in total. The molecule has 0 bridgehead atoms. The summed E-state index contributed by atoms with van der Waals surface area (Å²) in [7, 11) is 0. The Kier molecular flexibility index (Phi) is 9.41. The number of fused-ring (bicyclic) bond motifs is 2. The highest BCUT2D eigenvalue weighted by atomic mass is 16.5. The van der Waals surface area contributed by atoms with Crippen LogP contribution in [0.1, 0.15) is 41.6 Å². The van der Waals surface area contributed by atoms with Crippen LogP contribution in [0.25, 0.3) is 11.3 Å². The van der Waals surface area contributed by atoms with E-state index in [1.165, 1.54) is 0 Å². The standard InChI is InChI=1S/C41H41N7O5/c42-39(50)37-38(28-6-12-33(13-7-28)53-32-4-2-1-3-5-32)45-48-24-18-29-26-34(14-15-35(29)43-40(37)48)52-25-20-27-16-21-46(22-17-27)30-8-10-31(11-9-30)47-23-19-36(49)44-41(47)51/h1-15,26-27,43H,16-25H2,(H2,42,50)(H,44,49,51). The van der Waals surface area contributed by atoms with Crippen LogP contribution in [0.4, 0.5) is 27.7 Å². The van der Waals surface area contributed by atoms with Crippen molar-refractivity contribution in [2.24, 2.45) is 11.7 Å². The smallest absolute Gasteiger partial charge is 0.328 e. The first-order chi connectivity index (χ1) is 25.9. The van der Waals surface area contributed by atoms with Crippen molar-refractivity contribution in [3.05, 3.63) is 108 Å². The maximum Gasteiger partial charge on any atom is 0.328 e. The van der Waals surface area contributed by atoms with Crippen LogP contribution < -0.4 is 35.6 Å². The minimum atomic E-state index is -0.548. The van der Waals surface area contributed by atoms with E-state index in [9.17, 15) is 14.4 Å². The summed E-state index contributed by atoms with van der Waals surface area (Å²) < 4.78 is 14.0. The molecule has 12 heteroatoms. The van der Waals surface area contributed by atoms with Crippen LogP contribution in [0.5, 0.6) is 17.2 Å². The molecule has 0 radical (unpaired) electrons. The summed E-state index contributed by atoms with van der Waals surface area (Å²) in [5.74, 6) is 2.63. The van der Waals surface area contributed by atoms with Crippen LogP contribution >= 0.6 is 0 Å². The Morgan fingerprint density at radius 1 is 0.792 bits per heavy atom. The molecule has 4 heterocycles. The highest BCUT2D eigenvalue weighted by Gasteiger charge is 2.27. The zero-order valence-electron chi connectivity index (χ0n) is 29.3. The zero-order chi connectivity index (χ0) is 36.3. The van der Waals surface area contributed by atoms with Gasteiger partial charge in [0.15, 0.2) is 0 Å². The van der Waals surface area contributed by atoms with Gasteiger partial charge in [0.1, 0.15) is 34.3 Å². The number of ether oxygens (including phenoxy) is 2. The summed E-state index contributed by atoms with van der Waals surface area (Å²) >= 11 is 0. The van der Waals surface area contributed by atoms with Gasteiger partial charge in [0.25, 0.3) is 5.91 Å². The molecule has 270 valence electrons. The van der Waals surface area contributed by atoms with E-state index in [0.29, 0.717) is 61.3 Å². The predicted molar refractivity (Wildman–Crippen MR) is 203 cm³/mol. The Hall–Kier alpha value is -6.30. The molecule has 2 saturated heterocycles. The molecule has 4 N–H and O–H groups in total. The number of aryl methyl sites for hydroxylation is 2. The van der Waals surface area contributed by atoms with Crippen LogP contribution in [0.3, 0.4) is 0 Å². The molecular formula is C41H41N7O5. The van der Waals surface area contributed by atoms with E-state index in [1.807, 2.05) is 83.5 Å². The van der Waals surface area contributed by atoms with Crippen molar-refractivity contribution in [3.8, 4) is 28.5 Å². The van der Waals surface area contributed by atoms with Gasteiger partial charge in [-0.2, -0.15) is 5.10 Å². The van der Waals surface area contributed by atoms with Gasteiger partial charge in [-0.25, -0.2) is 9.48 Å². The number of para-hydroxylation sites is 1. The Morgan fingerprint density at radius 2 is 1.51 bits per heavy atom. The molecule has 2 fully saturated rings. The van der Waals surface area contributed by atoms with Crippen molar-refractivity contribution in [1.29, 1.82) is 0 Å². The second-order valence-corrected chi connectivity index (χ2v) is 13.6. The molecule has 3 aliphatic heterocycles. The fraction of sp³-hybridized carbons (Fsp3) is 0.268. The number of amides is 4. The van der Waals surface area contributed by atoms with Crippen molar-refractivity contribution >= 4 is 40.7 Å². The summed E-state index contributed by atoms with van der Waals surface area (Å²) in [5.41, 5.74) is 11.5. The highest BCUT2D eigenvalue weighted by molar-refractivity contribution is 6.06. The number of hydrogen-bond donors (Lipinski definition) is 3. The van der Waals surface area contributed by atoms with Gasteiger partial charge in [-0.15, -0.1) is 0 Å². The molecule has 8 rings (SSSR count). The second-order valence-electron chi connectivity index (χ2n) is 13.6. The third kappa shape index (κ3) is 7.39. The van der Waals surface area contributed by atoms with Gasteiger partial charge < -0.3 is 25.4 Å². The molecule has 4 aromatic carbocycles. The van der Waals surface area contributed by atoms with E-state index in [0.717, 1.165) is 72.0 Å². The van der Waals surface area contributed by atoms with Crippen molar-refractivity contribution in [2.45, 2.75) is 38.6 Å². The SMILES string of the molecule is NC(=O)c1c(-c2ccc(Oc3ccccc3)cc2)nn2c1Nc1ccc(OCCC3CCN(c4ccc(N5CCC(=O)NC5=O)cc4)CC3)cc1CC2. The van der Waals surface area contributed by atoms with Gasteiger partial charge in [-0.05, 0) is 116 Å². The lowest BCUT2D eigenvalue weighted by molar-refractivity contribution is -0.120. The van der Waals surface area contributed by atoms with Crippen LogP contribution in [-0.2, 0) is 17.8 Å². The van der Waals surface area contributed by atoms with Crippen molar-refractivity contribution in [1.82, 2.24) is 15.1 Å². The molecule has 0 unspecified atom stereocenters. The summed E-state index contributed by atoms with van der Waals surface area (Å²) in [6.07, 6.45) is 4.16. The number of nitrogens with zero attached hydrogens (tertiary/aromatic N) is 4. The number of imide groups is 1.